The van der Waals surface area contributed by atoms with Crippen molar-refractivity contribution in [3.63, 3.8) is 0 Å². The fraction of sp³-hybridized carbons (Fsp3) is 0.571. The fourth-order valence-electron chi connectivity index (χ4n) is 4.44. The van der Waals surface area contributed by atoms with Crippen molar-refractivity contribution < 1.29 is 14.9 Å². The van der Waals surface area contributed by atoms with Gasteiger partial charge >= 0.3 is 0 Å². The highest BCUT2D eigenvalue weighted by Crippen LogP contribution is 2.34. The van der Waals surface area contributed by atoms with Crippen LogP contribution in [0.4, 0.5) is 0 Å². The van der Waals surface area contributed by atoms with E-state index in [9.17, 15) is 10.2 Å². The number of para-hydroxylation sites is 2. The van der Waals surface area contributed by atoms with Crippen LogP contribution >= 0.6 is 0 Å². The van der Waals surface area contributed by atoms with E-state index in [1.165, 1.54) is 25.7 Å². The van der Waals surface area contributed by atoms with Crippen LogP contribution in [0.3, 0.4) is 0 Å². The van der Waals surface area contributed by atoms with Crippen molar-refractivity contribution in [1.29, 1.82) is 0 Å². The van der Waals surface area contributed by atoms with E-state index in [1.807, 2.05) is 24.3 Å². The Morgan fingerprint density at radius 1 is 0.613 bits per heavy atom. The summed E-state index contributed by atoms with van der Waals surface area (Å²) >= 11 is 0. The Labute approximate surface area is 189 Å². The molecule has 0 fully saturated rings. The molecule has 172 valence electrons. The van der Waals surface area contributed by atoms with Gasteiger partial charge in [0.2, 0.25) is 0 Å². The van der Waals surface area contributed by atoms with Crippen LogP contribution < -0.4 is 0 Å². The van der Waals surface area contributed by atoms with Crippen molar-refractivity contribution in [2.75, 3.05) is 13.2 Å². The molecule has 2 aromatic carbocycles. The van der Waals surface area contributed by atoms with Crippen LogP contribution in [0, 0.1) is 0 Å². The van der Waals surface area contributed by atoms with E-state index >= 15 is 0 Å². The summed E-state index contributed by atoms with van der Waals surface area (Å²) in [4.78, 5) is 0. The van der Waals surface area contributed by atoms with Gasteiger partial charge < -0.3 is 14.9 Å². The minimum absolute atomic E-state index is 0.407. The number of phenols is 2. The third-order valence-electron chi connectivity index (χ3n) is 6.25. The zero-order chi connectivity index (χ0) is 22.3. The van der Waals surface area contributed by atoms with E-state index in [0.717, 1.165) is 62.9 Å². The minimum atomic E-state index is 0.407. The molecule has 0 aliphatic carbocycles. The Kier molecular flexibility index (Phi) is 12.2. The first-order chi connectivity index (χ1) is 15.2. The molecule has 0 aromatic heterocycles. The average molecular weight is 427 g/mol. The molecular formula is C28H42O3. The van der Waals surface area contributed by atoms with Gasteiger partial charge in [0.1, 0.15) is 11.5 Å². The molecule has 2 atom stereocenters. The van der Waals surface area contributed by atoms with E-state index in [1.54, 1.807) is 12.1 Å². The molecular weight excluding hydrogens is 384 g/mol. The highest BCUT2D eigenvalue weighted by molar-refractivity contribution is 5.35. The Bertz CT molecular complexity index is 666. The van der Waals surface area contributed by atoms with Crippen molar-refractivity contribution >= 4 is 0 Å². The van der Waals surface area contributed by atoms with Crippen LogP contribution in [0.5, 0.6) is 11.5 Å². The topological polar surface area (TPSA) is 49.7 Å². The summed E-state index contributed by atoms with van der Waals surface area (Å²) in [6, 6.07) is 15.5. The van der Waals surface area contributed by atoms with Crippen LogP contribution in [0.15, 0.2) is 48.5 Å². The number of aromatic hydroxyl groups is 2. The second-order valence-electron chi connectivity index (χ2n) is 8.69. The molecule has 3 nitrogen and oxygen atoms in total. The Balaban J connectivity index is 1.73. The summed E-state index contributed by atoms with van der Waals surface area (Å²) in [6.45, 7) is 5.97. The van der Waals surface area contributed by atoms with Gasteiger partial charge in [-0.15, -0.1) is 0 Å². The lowest BCUT2D eigenvalue weighted by Crippen LogP contribution is -2.05. The smallest absolute Gasteiger partial charge is 0.119 e. The van der Waals surface area contributed by atoms with Gasteiger partial charge in [0.05, 0.1) is 0 Å². The monoisotopic (exact) mass is 426 g/mol. The first-order valence-corrected chi connectivity index (χ1v) is 12.3. The number of ether oxygens (including phenoxy) is 1. The number of hydrogen-bond donors (Lipinski definition) is 2. The highest BCUT2D eigenvalue weighted by Gasteiger charge is 2.16. The molecule has 0 radical (unpaired) electrons. The summed E-state index contributed by atoms with van der Waals surface area (Å²) in [5.74, 6) is 1.66. The zero-order valence-corrected chi connectivity index (χ0v) is 19.6. The van der Waals surface area contributed by atoms with E-state index < -0.39 is 0 Å². The molecule has 0 spiro atoms. The number of benzene rings is 2. The maximum absolute atomic E-state index is 10.2. The van der Waals surface area contributed by atoms with E-state index in [4.69, 9.17) is 4.74 Å². The Morgan fingerprint density at radius 3 is 1.39 bits per heavy atom. The molecule has 2 rings (SSSR count). The van der Waals surface area contributed by atoms with Gasteiger partial charge in [-0.25, -0.2) is 0 Å². The molecule has 31 heavy (non-hydrogen) atoms. The van der Waals surface area contributed by atoms with Crippen molar-refractivity contribution in [3.8, 4) is 11.5 Å². The standard InChI is InChI=1S/C28H42O3/c1-3-5-13-23(25-17-7-9-19-27(25)29)15-11-21-31-22-12-16-24(14-6-4-2)26-18-8-10-20-28(26)30/h7-10,17-20,23-24,29-30H,3-6,11-16,21-22H2,1-2H3. The largest absolute Gasteiger partial charge is 0.508 e. The second-order valence-corrected chi connectivity index (χ2v) is 8.69. The lowest BCUT2D eigenvalue weighted by Gasteiger charge is -2.19. The Morgan fingerprint density at radius 2 is 1.00 bits per heavy atom. The summed E-state index contributed by atoms with van der Waals surface area (Å²) in [6.07, 6.45) is 11.1. The van der Waals surface area contributed by atoms with Crippen molar-refractivity contribution in [2.45, 2.75) is 89.9 Å². The van der Waals surface area contributed by atoms with E-state index in [0.29, 0.717) is 23.3 Å². The van der Waals surface area contributed by atoms with E-state index in [-0.39, 0.29) is 0 Å². The zero-order valence-electron chi connectivity index (χ0n) is 19.6. The summed E-state index contributed by atoms with van der Waals surface area (Å²) in [7, 11) is 0. The predicted molar refractivity (Wildman–Crippen MR) is 130 cm³/mol. The van der Waals surface area contributed by atoms with Gasteiger partial charge in [-0.1, -0.05) is 75.9 Å². The molecule has 2 unspecified atom stereocenters. The van der Waals surface area contributed by atoms with Crippen LogP contribution in [0.2, 0.25) is 0 Å². The number of unbranched alkanes of at least 4 members (excludes halogenated alkanes) is 2. The van der Waals surface area contributed by atoms with Gasteiger partial charge in [-0.2, -0.15) is 0 Å². The SMILES string of the molecule is CCCCC(CCCOCCCC(CCCC)c1ccccc1O)c1ccccc1O. The first-order valence-electron chi connectivity index (χ1n) is 12.3. The van der Waals surface area contributed by atoms with Crippen LogP contribution in [-0.2, 0) is 4.74 Å². The maximum Gasteiger partial charge on any atom is 0.119 e. The third-order valence-corrected chi connectivity index (χ3v) is 6.25. The molecule has 0 heterocycles. The molecule has 2 N–H and O–H groups in total. The Hall–Kier alpha value is -2.00. The van der Waals surface area contributed by atoms with Gasteiger partial charge in [0, 0.05) is 13.2 Å². The summed E-state index contributed by atoms with van der Waals surface area (Å²) in [5, 5.41) is 20.5. The van der Waals surface area contributed by atoms with Gasteiger partial charge in [-0.05, 0) is 73.6 Å². The molecule has 0 aliphatic rings. The molecule has 0 saturated carbocycles. The van der Waals surface area contributed by atoms with Crippen LogP contribution in [0.25, 0.3) is 0 Å². The fourth-order valence-corrected chi connectivity index (χ4v) is 4.44. The number of rotatable bonds is 16. The minimum Gasteiger partial charge on any atom is -0.508 e. The maximum atomic E-state index is 10.2. The number of hydrogen-bond acceptors (Lipinski definition) is 3. The highest BCUT2D eigenvalue weighted by atomic mass is 16.5. The van der Waals surface area contributed by atoms with Gasteiger partial charge in [0.15, 0.2) is 0 Å². The molecule has 2 aromatic rings. The predicted octanol–water partition coefficient (Wildman–Crippen LogP) is 7.92. The first kappa shape index (κ1) is 25.3. The quantitative estimate of drug-likeness (QED) is 0.268. The molecule has 0 aliphatic heterocycles. The third kappa shape index (κ3) is 8.95. The molecule has 0 bridgehead atoms. The molecule has 3 heteroatoms. The van der Waals surface area contributed by atoms with Gasteiger partial charge in [0.25, 0.3) is 0 Å². The van der Waals surface area contributed by atoms with Crippen LogP contribution in [-0.4, -0.2) is 23.4 Å². The van der Waals surface area contributed by atoms with Crippen molar-refractivity contribution in [3.05, 3.63) is 59.7 Å². The summed E-state index contributed by atoms with van der Waals surface area (Å²) in [5.41, 5.74) is 2.16. The lowest BCUT2D eigenvalue weighted by molar-refractivity contribution is 0.123. The van der Waals surface area contributed by atoms with Crippen molar-refractivity contribution in [1.82, 2.24) is 0 Å². The van der Waals surface area contributed by atoms with Crippen molar-refractivity contribution in [2.24, 2.45) is 0 Å². The number of phenolic OH excluding ortho intramolecular Hbond substituents is 2. The normalized spacial score (nSPS) is 13.2. The lowest BCUT2D eigenvalue weighted by atomic mass is 9.89. The van der Waals surface area contributed by atoms with E-state index in [2.05, 4.69) is 26.0 Å². The van der Waals surface area contributed by atoms with Gasteiger partial charge in [-0.3, -0.25) is 0 Å². The summed E-state index contributed by atoms with van der Waals surface area (Å²) < 4.78 is 5.95. The second kappa shape index (κ2) is 14.9. The average Bonchev–Trinajstić information content (AvgIpc) is 2.78. The van der Waals surface area contributed by atoms with Crippen LogP contribution in [0.1, 0.15) is 101 Å². The molecule has 0 saturated heterocycles. The molecule has 0 amide bonds.